The fourth-order valence-corrected chi connectivity index (χ4v) is 5.45. The summed E-state index contributed by atoms with van der Waals surface area (Å²) < 4.78 is 0. The molecule has 3 aromatic rings. The largest absolute Gasteiger partial charge is 0.385 e. The van der Waals surface area contributed by atoms with Crippen molar-refractivity contribution in [3.63, 3.8) is 0 Å². The number of hydrogen-bond acceptors (Lipinski definition) is 2. The third-order valence-corrected chi connectivity index (χ3v) is 6.84. The van der Waals surface area contributed by atoms with Gasteiger partial charge in [-0.1, -0.05) is 49.2 Å². The zero-order valence-electron chi connectivity index (χ0n) is 16.0. The number of carbonyl (C=O) groups excluding carboxylic acids is 1. The van der Waals surface area contributed by atoms with Crippen LogP contribution in [-0.2, 0) is 5.60 Å². The summed E-state index contributed by atoms with van der Waals surface area (Å²) in [6, 6.07) is 18.0. The van der Waals surface area contributed by atoms with Crippen molar-refractivity contribution in [1.29, 1.82) is 0 Å². The van der Waals surface area contributed by atoms with E-state index in [-0.39, 0.29) is 17.9 Å². The van der Waals surface area contributed by atoms with Crippen molar-refractivity contribution < 1.29 is 9.90 Å². The number of nitrogens with one attached hydrogen (secondary N) is 1. The van der Waals surface area contributed by atoms with E-state index in [0.29, 0.717) is 13.0 Å². The fourth-order valence-electron chi connectivity index (χ4n) is 5.45. The molecule has 2 aromatic carbocycles. The van der Waals surface area contributed by atoms with Crippen LogP contribution in [0.2, 0.25) is 0 Å². The maximum Gasteiger partial charge on any atom is 0.254 e. The van der Waals surface area contributed by atoms with E-state index in [1.165, 1.54) is 0 Å². The summed E-state index contributed by atoms with van der Waals surface area (Å²) in [5.74, 6) is 0.184. The van der Waals surface area contributed by atoms with Crippen LogP contribution in [0.3, 0.4) is 0 Å². The van der Waals surface area contributed by atoms with E-state index in [9.17, 15) is 9.90 Å². The molecule has 1 saturated heterocycles. The Bertz CT molecular complexity index is 996. The predicted molar refractivity (Wildman–Crippen MR) is 110 cm³/mol. The number of fused-ring (bicyclic) bond motifs is 2. The van der Waals surface area contributed by atoms with Gasteiger partial charge in [0.15, 0.2) is 0 Å². The number of aromatic amines is 1. The number of hydrogen-bond donors (Lipinski definition) is 2. The number of H-pyrrole nitrogens is 1. The van der Waals surface area contributed by atoms with Gasteiger partial charge in [-0.25, -0.2) is 0 Å². The molecule has 1 aliphatic carbocycles. The number of amides is 1. The lowest BCUT2D eigenvalue weighted by Crippen LogP contribution is -2.59. The lowest BCUT2D eigenvalue weighted by molar-refractivity contribution is -0.110. The third kappa shape index (κ3) is 2.67. The van der Waals surface area contributed by atoms with E-state index in [1.54, 1.807) is 0 Å². The van der Waals surface area contributed by atoms with Crippen molar-refractivity contribution in [2.45, 2.75) is 43.7 Å². The van der Waals surface area contributed by atoms with Crippen LogP contribution in [0.4, 0.5) is 0 Å². The van der Waals surface area contributed by atoms with Crippen molar-refractivity contribution in [2.75, 3.05) is 6.54 Å². The number of aliphatic hydroxyl groups is 1. The van der Waals surface area contributed by atoms with Crippen LogP contribution in [-0.4, -0.2) is 33.5 Å². The molecule has 2 fully saturated rings. The summed E-state index contributed by atoms with van der Waals surface area (Å²) in [5.41, 5.74) is 1.90. The first-order valence-electron chi connectivity index (χ1n) is 10.3. The maximum atomic E-state index is 13.5. The second-order valence-electron chi connectivity index (χ2n) is 8.24. The van der Waals surface area contributed by atoms with Gasteiger partial charge in [-0.15, -0.1) is 0 Å². The Labute approximate surface area is 165 Å². The number of carbonyl (C=O) groups is 1. The van der Waals surface area contributed by atoms with Gasteiger partial charge in [-0.3, -0.25) is 4.79 Å². The van der Waals surface area contributed by atoms with Gasteiger partial charge < -0.3 is 15.0 Å². The quantitative estimate of drug-likeness (QED) is 0.696. The lowest BCUT2D eigenvalue weighted by Gasteiger charge is -2.52. The molecule has 2 N–H and O–H groups in total. The molecule has 3 atom stereocenters. The second-order valence-corrected chi connectivity index (χ2v) is 8.24. The van der Waals surface area contributed by atoms with Crippen molar-refractivity contribution in [2.24, 2.45) is 5.92 Å². The Hall–Kier alpha value is -2.59. The molecule has 2 heterocycles. The first kappa shape index (κ1) is 17.5. The summed E-state index contributed by atoms with van der Waals surface area (Å²) in [6.07, 6.45) is 6.64. The topological polar surface area (TPSA) is 56.3 Å². The van der Waals surface area contributed by atoms with Gasteiger partial charge >= 0.3 is 0 Å². The van der Waals surface area contributed by atoms with Crippen LogP contribution in [0.1, 0.15) is 48.0 Å². The lowest BCUT2D eigenvalue weighted by atomic mass is 9.66. The molecular weight excluding hydrogens is 348 g/mol. The zero-order valence-corrected chi connectivity index (χ0v) is 16.0. The van der Waals surface area contributed by atoms with Crippen LogP contribution in [0, 0.1) is 5.92 Å². The number of piperidine rings is 1. The molecule has 5 rings (SSSR count). The Morgan fingerprint density at radius 2 is 1.86 bits per heavy atom. The zero-order chi connectivity index (χ0) is 19.1. The first-order chi connectivity index (χ1) is 13.7. The number of benzene rings is 2. The van der Waals surface area contributed by atoms with Gasteiger partial charge in [0.05, 0.1) is 5.60 Å². The van der Waals surface area contributed by atoms with E-state index in [4.69, 9.17) is 0 Å². The summed E-state index contributed by atoms with van der Waals surface area (Å²) in [7, 11) is 0. The molecule has 0 radical (unpaired) electrons. The number of aromatic nitrogens is 1. The van der Waals surface area contributed by atoms with Gasteiger partial charge in [0.2, 0.25) is 0 Å². The standard InChI is InChI=1S/C24H26N2O2/c27-23(19-9-6-11-21-18(19)13-15-25-21)26-16-14-24(28,17-7-2-1-3-8-17)20-10-4-5-12-22(20)26/h1-3,6-9,11,13,15,20,22,25,28H,4-5,10,12,14,16H2/t20-,22+,24?/m0/s1. The van der Waals surface area contributed by atoms with Crippen LogP contribution in [0.15, 0.2) is 60.8 Å². The van der Waals surface area contributed by atoms with Crippen molar-refractivity contribution >= 4 is 16.8 Å². The van der Waals surface area contributed by atoms with Crippen LogP contribution < -0.4 is 0 Å². The monoisotopic (exact) mass is 374 g/mol. The van der Waals surface area contributed by atoms with E-state index >= 15 is 0 Å². The van der Waals surface area contributed by atoms with E-state index in [2.05, 4.69) is 4.98 Å². The fraction of sp³-hybridized carbons (Fsp3) is 0.375. The third-order valence-electron chi connectivity index (χ3n) is 6.84. The first-order valence-corrected chi connectivity index (χ1v) is 10.3. The molecule has 1 unspecified atom stereocenters. The normalized spacial score (nSPS) is 27.5. The maximum absolute atomic E-state index is 13.5. The number of likely N-dealkylation sites (tertiary alicyclic amines) is 1. The molecule has 4 nitrogen and oxygen atoms in total. The Kier molecular flexibility index (Phi) is 4.24. The second kappa shape index (κ2) is 6.78. The number of nitrogens with zero attached hydrogens (tertiary/aromatic N) is 1. The van der Waals surface area contributed by atoms with E-state index in [0.717, 1.165) is 47.7 Å². The Morgan fingerprint density at radius 1 is 1.04 bits per heavy atom. The average Bonchev–Trinajstić information content (AvgIpc) is 3.23. The van der Waals surface area contributed by atoms with Crippen molar-refractivity contribution in [1.82, 2.24) is 9.88 Å². The van der Waals surface area contributed by atoms with Gasteiger partial charge in [0, 0.05) is 41.2 Å². The molecule has 0 bridgehead atoms. The highest BCUT2D eigenvalue weighted by Crippen LogP contribution is 2.47. The molecule has 1 aliphatic heterocycles. The molecule has 0 spiro atoms. The molecule has 28 heavy (non-hydrogen) atoms. The van der Waals surface area contributed by atoms with Crippen molar-refractivity contribution in [3.05, 3.63) is 71.9 Å². The Balaban J connectivity index is 1.51. The average molecular weight is 374 g/mol. The van der Waals surface area contributed by atoms with Crippen LogP contribution in [0.25, 0.3) is 10.9 Å². The van der Waals surface area contributed by atoms with E-state index < -0.39 is 5.60 Å². The summed E-state index contributed by atoms with van der Waals surface area (Å²) in [4.78, 5) is 18.8. The molecule has 1 saturated carbocycles. The summed E-state index contributed by atoms with van der Waals surface area (Å²) in [5, 5.41) is 12.7. The SMILES string of the molecule is O=C(c1cccc2[nH]ccc12)N1CCC(O)(c2ccccc2)[C@H]2CCCC[C@H]21. The van der Waals surface area contributed by atoms with Crippen molar-refractivity contribution in [3.8, 4) is 0 Å². The molecule has 144 valence electrons. The molecule has 1 amide bonds. The minimum atomic E-state index is -0.844. The van der Waals surface area contributed by atoms with Crippen LogP contribution in [0.5, 0.6) is 0 Å². The van der Waals surface area contributed by atoms with Gasteiger partial charge in [0.25, 0.3) is 5.91 Å². The molecule has 2 aliphatic rings. The highest BCUT2D eigenvalue weighted by molar-refractivity contribution is 6.06. The van der Waals surface area contributed by atoms with Crippen LogP contribution >= 0.6 is 0 Å². The minimum Gasteiger partial charge on any atom is -0.385 e. The van der Waals surface area contributed by atoms with Gasteiger partial charge in [-0.2, -0.15) is 0 Å². The summed E-state index contributed by atoms with van der Waals surface area (Å²) in [6.45, 7) is 0.589. The minimum absolute atomic E-state index is 0.0896. The number of rotatable bonds is 2. The van der Waals surface area contributed by atoms with E-state index in [1.807, 2.05) is 65.7 Å². The highest BCUT2D eigenvalue weighted by Gasteiger charge is 2.50. The summed E-state index contributed by atoms with van der Waals surface area (Å²) >= 11 is 0. The molecular formula is C24H26N2O2. The predicted octanol–water partition coefficient (Wildman–Crippen LogP) is 4.46. The Morgan fingerprint density at radius 3 is 2.71 bits per heavy atom. The molecule has 4 heteroatoms. The van der Waals surface area contributed by atoms with Gasteiger partial charge in [-0.05, 0) is 43.0 Å². The molecule has 1 aromatic heterocycles. The highest BCUT2D eigenvalue weighted by atomic mass is 16.3. The van der Waals surface area contributed by atoms with Gasteiger partial charge in [0.1, 0.15) is 0 Å². The smallest absolute Gasteiger partial charge is 0.254 e.